The van der Waals surface area contributed by atoms with Crippen molar-refractivity contribution in [3.8, 4) is 0 Å². The molecule has 1 amide bonds. The number of benzene rings is 1. The molecule has 0 spiro atoms. The van der Waals surface area contributed by atoms with Crippen molar-refractivity contribution in [1.82, 2.24) is 9.62 Å². The average molecular weight is 407 g/mol. The fraction of sp³-hybridized carbons (Fsp3) is 0.588. The average Bonchev–Trinajstić information content (AvgIpc) is 2.70. The van der Waals surface area contributed by atoms with E-state index >= 15 is 0 Å². The highest BCUT2D eigenvalue weighted by atomic mass is 35.5. The Kier molecular flexibility index (Phi) is 6.65. The lowest BCUT2D eigenvalue weighted by Gasteiger charge is -2.23. The summed E-state index contributed by atoms with van der Waals surface area (Å²) in [5, 5.41) is 3.06. The molecule has 1 saturated heterocycles. The highest BCUT2D eigenvalue weighted by Gasteiger charge is 2.31. The van der Waals surface area contributed by atoms with Gasteiger partial charge in [-0.05, 0) is 39.0 Å². The molecule has 0 aromatic heterocycles. The molecule has 1 aromatic rings. The Morgan fingerprint density at radius 1 is 1.31 bits per heavy atom. The number of carbonyl (C=O) groups is 1. The third kappa shape index (κ3) is 5.64. The van der Waals surface area contributed by atoms with E-state index in [-0.39, 0.29) is 27.9 Å². The minimum Gasteiger partial charge on any atom is -0.347 e. The summed E-state index contributed by atoms with van der Waals surface area (Å²) in [6, 6.07) is 3.56. The van der Waals surface area contributed by atoms with Gasteiger partial charge in [-0.3, -0.25) is 4.79 Å². The lowest BCUT2D eigenvalue weighted by Crippen LogP contribution is -3.13. The molecule has 1 aromatic carbocycles. The van der Waals surface area contributed by atoms with Gasteiger partial charge in [0, 0.05) is 23.5 Å². The van der Waals surface area contributed by atoms with Crippen LogP contribution in [0.5, 0.6) is 0 Å². The summed E-state index contributed by atoms with van der Waals surface area (Å²) in [5.41, 5.74) is -0.302. The number of nitrogens with one attached hydrogen (secondary N) is 2. The Balaban J connectivity index is 2.04. The smallest absolute Gasteiger partial charge is 0.275 e. The summed E-state index contributed by atoms with van der Waals surface area (Å²) < 4.78 is 40.8. The van der Waals surface area contributed by atoms with E-state index in [0.29, 0.717) is 32.6 Å². The third-order valence-corrected chi connectivity index (χ3v) is 6.26. The number of halogens is 2. The van der Waals surface area contributed by atoms with Gasteiger partial charge in [-0.1, -0.05) is 11.6 Å². The van der Waals surface area contributed by atoms with Gasteiger partial charge in [0.15, 0.2) is 6.54 Å². The number of quaternary nitrogens is 1. The highest BCUT2D eigenvalue weighted by molar-refractivity contribution is 7.89. The fourth-order valence-corrected chi connectivity index (χ4v) is 4.64. The SMILES string of the molecule is CC(C)(C)NC(=O)C[NH+]1CCCN(S(=O)(=O)c2ccc(Cl)cc2F)CC1. The van der Waals surface area contributed by atoms with Gasteiger partial charge in [-0.2, -0.15) is 4.31 Å². The van der Waals surface area contributed by atoms with Gasteiger partial charge in [0.2, 0.25) is 10.0 Å². The van der Waals surface area contributed by atoms with Crippen LogP contribution in [-0.4, -0.2) is 56.9 Å². The Bertz CT molecular complexity index is 765. The van der Waals surface area contributed by atoms with Crippen molar-refractivity contribution in [2.75, 3.05) is 32.7 Å². The minimum atomic E-state index is -3.93. The first-order valence-corrected chi connectivity index (χ1v) is 10.4. The standard InChI is InChI=1S/C17H25ClFN3O3S/c1-17(2,3)20-16(23)12-21-7-4-8-22(10-9-21)26(24,25)15-6-5-13(18)11-14(15)19/h5-6,11H,4,7-10,12H2,1-3H3,(H,20,23)/p+1. The maximum absolute atomic E-state index is 14.1. The van der Waals surface area contributed by atoms with Crippen molar-refractivity contribution >= 4 is 27.5 Å². The summed E-state index contributed by atoms with van der Waals surface area (Å²) in [7, 11) is -3.93. The molecule has 1 aliphatic heterocycles. The van der Waals surface area contributed by atoms with E-state index in [1.807, 2.05) is 20.8 Å². The maximum Gasteiger partial charge on any atom is 0.275 e. The number of amides is 1. The van der Waals surface area contributed by atoms with Gasteiger partial charge >= 0.3 is 0 Å². The Morgan fingerprint density at radius 2 is 2.00 bits per heavy atom. The molecule has 1 atom stereocenters. The van der Waals surface area contributed by atoms with Crippen molar-refractivity contribution in [3.05, 3.63) is 29.0 Å². The zero-order valence-corrected chi connectivity index (χ0v) is 16.9. The molecule has 0 aliphatic carbocycles. The molecule has 146 valence electrons. The Labute approximate surface area is 159 Å². The summed E-state index contributed by atoms with van der Waals surface area (Å²) in [6.45, 7) is 7.75. The van der Waals surface area contributed by atoms with Crippen LogP contribution >= 0.6 is 11.6 Å². The van der Waals surface area contributed by atoms with Gasteiger partial charge in [-0.15, -0.1) is 0 Å². The third-order valence-electron chi connectivity index (χ3n) is 4.09. The van der Waals surface area contributed by atoms with Crippen molar-refractivity contribution in [1.29, 1.82) is 0 Å². The molecule has 1 aliphatic rings. The van der Waals surface area contributed by atoms with E-state index in [4.69, 9.17) is 11.6 Å². The molecule has 2 rings (SSSR count). The van der Waals surface area contributed by atoms with E-state index < -0.39 is 15.8 Å². The quantitative estimate of drug-likeness (QED) is 0.772. The Hall–Kier alpha value is -1.22. The van der Waals surface area contributed by atoms with Crippen molar-refractivity contribution in [2.45, 2.75) is 37.6 Å². The largest absolute Gasteiger partial charge is 0.347 e. The zero-order valence-electron chi connectivity index (χ0n) is 15.3. The van der Waals surface area contributed by atoms with Crippen LogP contribution in [0.4, 0.5) is 4.39 Å². The first-order chi connectivity index (χ1) is 12.0. The lowest BCUT2D eigenvalue weighted by molar-refractivity contribution is -0.889. The van der Waals surface area contributed by atoms with Crippen LogP contribution in [0.1, 0.15) is 27.2 Å². The first kappa shape index (κ1) is 21.1. The van der Waals surface area contributed by atoms with E-state index in [0.717, 1.165) is 11.0 Å². The molecule has 1 fully saturated rings. The summed E-state index contributed by atoms with van der Waals surface area (Å²) in [4.78, 5) is 12.7. The second kappa shape index (κ2) is 8.21. The summed E-state index contributed by atoms with van der Waals surface area (Å²) >= 11 is 5.70. The topological polar surface area (TPSA) is 70.9 Å². The fourth-order valence-electron chi connectivity index (χ4n) is 2.96. The van der Waals surface area contributed by atoms with Crippen LogP contribution in [0.15, 0.2) is 23.1 Å². The predicted octanol–water partition coefficient (Wildman–Crippen LogP) is 0.673. The van der Waals surface area contributed by atoms with Crippen molar-refractivity contribution in [2.24, 2.45) is 0 Å². The number of nitrogens with zero attached hydrogens (tertiary/aromatic N) is 1. The highest BCUT2D eigenvalue weighted by Crippen LogP contribution is 2.22. The number of carbonyl (C=O) groups excluding carboxylic acids is 1. The molecule has 2 N–H and O–H groups in total. The molecule has 0 bridgehead atoms. The molecular weight excluding hydrogens is 381 g/mol. The second-order valence-electron chi connectivity index (χ2n) is 7.56. The van der Waals surface area contributed by atoms with E-state index in [9.17, 15) is 17.6 Å². The zero-order chi connectivity index (χ0) is 19.5. The van der Waals surface area contributed by atoms with Crippen LogP contribution < -0.4 is 10.2 Å². The van der Waals surface area contributed by atoms with Crippen LogP contribution in [0.3, 0.4) is 0 Å². The van der Waals surface area contributed by atoms with Gasteiger partial charge in [0.05, 0.1) is 19.6 Å². The van der Waals surface area contributed by atoms with Gasteiger partial charge in [-0.25, -0.2) is 12.8 Å². The summed E-state index contributed by atoms with van der Waals surface area (Å²) in [6.07, 6.45) is 0.604. The monoisotopic (exact) mass is 406 g/mol. The van der Waals surface area contributed by atoms with Gasteiger partial charge < -0.3 is 10.2 Å². The predicted molar refractivity (Wildman–Crippen MR) is 98.2 cm³/mol. The second-order valence-corrected chi connectivity index (χ2v) is 9.90. The molecule has 0 saturated carbocycles. The molecule has 9 heteroatoms. The molecule has 1 unspecified atom stereocenters. The van der Waals surface area contributed by atoms with Gasteiger partial charge in [0.25, 0.3) is 5.91 Å². The molecule has 1 heterocycles. The van der Waals surface area contributed by atoms with Crippen LogP contribution in [0.2, 0.25) is 5.02 Å². The number of hydrogen-bond donors (Lipinski definition) is 2. The minimum absolute atomic E-state index is 0.0625. The normalized spacial score (nSPS) is 19.8. The van der Waals surface area contributed by atoms with Crippen LogP contribution in [-0.2, 0) is 14.8 Å². The van der Waals surface area contributed by atoms with Crippen LogP contribution in [0, 0.1) is 5.82 Å². The maximum atomic E-state index is 14.1. The number of hydrogen-bond acceptors (Lipinski definition) is 3. The van der Waals surface area contributed by atoms with Crippen LogP contribution in [0.25, 0.3) is 0 Å². The molecule has 0 radical (unpaired) electrons. The van der Waals surface area contributed by atoms with E-state index in [2.05, 4.69) is 5.32 Å². The van der Waals surface area contributed by atoms with E-state index in [1.165, 1.54) is 16.4 Å². The number of rotatable bonds is 4. The summed E-state index contributed by atoms with van der Waals surface area (Å²) in [5.74, 6) is -0.914. The number of sulfonamides is 1. The van der Waals surface area contributed by atoms with Crippen molar-refractivity contribution in [3.63, 3.8) is 0 Å². The molecule has 26 heavy (non-hydrogen) atoms. The molecule has 6 nitrogen and oxygen atoms in total. The molecular formula is C17H26ClFN3O3S+. The Morgan fingerprint density at radius 3 is 2.62 bits per heavy atom. The lowest BCUT2D eigenvalue weighted by atomic mass is 10.1. The van der Waals surface area contributed by atoms with Gasteiger partial charge in [0.1, 0.15) is 10.7 Å². The first-order valence-electron chi connectivity index (χ1n) is 8.59. The van der Waals surface area contributed by atoms with E-state index in [1.54, 1.807) is 0 Å². The van der Waals surface area contributed by atoms with Crippen molar-refractivity contribution < 1.29 is 22.5 Å².